The Morgan fingerprint density at radius 3 is 2.62 bits per heavy atom. The molecule has 112 valence electrons. The fraction of sp³-hybridized carbons (Fsp3) is 0.375. The van der Waals surface area contributed by atoms with Gasteiger partial charge in [-0.25, -0.2) is 0 Å². The van der Waals surface area contributed by atoms with Gasteiger partial charge in [-0.1, -0.05) is 19.1 Å². The first-order valence-electron chi connectivity index (χ1n) is 6.96. The lowest BCUT2D eigenvalue weighted by Gasteiger charge is -2.06. The number of benzene rings is 1. The molecule has 0 heterocycles. The molecule has 0 aliphatic heterocycles. The topological polar surface area (TPSA) is 74.2 Å². The minimum Gasteiger partial charge on any atom is -0.497 e. The SMILES string of the molecule is CCCN/C=C(/C#N)C(=O)NCCc1ccc(OC)cc1. The number of amides is 1. The predicted octanol–water partition coefficient (Wildman–Crippen LogP) is 1.76. The highest BCUT2D eigenvalue weighted by molar-refractivity contribution is 5.97. The standard InChI is InChI=1S/C16H21N3O2/c1-3-9-18-12-14(11-17)16(20)19-10-8-13-4-6-15(21-2)7-5-13/h4-7,12,18H,3,8-10H2,1-2H3,(H,19,20)/b14-12-. The maximum Gasteiger partial charge on any atom is 0.263 e. The van der Waals surface area contributed by atoms with Gasteiger partial charge in [-0.3, -0.25) is 4.79 Å². The van der Waals surface area contributed by atoms with Crippen molar-refractivity contribution in [2.75, 3.05) is 20.2 Å². The molecule has 0 spiro atoms. The summed E-state index contributed by atoms with van der Waals surface area (Å²) in [7, 11) is 1.62. The third-order valence-electron chi connectivity index (χ3n) is 2.86. The molecule has 0 saturated carbocycles. The van der Waals surface area contributed by atoms with Crippen LogP contribution in [0.2, 0.25) is 0 Å². The number of hydrogen-bond donors (Lipinski definition) is 2. The molecular weight excluding hydrogens is 266 g/mol. The van der Waals surface area contributed by atoms with Crippen molar-refractivity contribution in [1.82, 2.24) is 10.6 Å². The number of ether oxygens (including phenoxy) is 1. The summed E-state index contributed by atoms with van der Waals surface area (Å²) in [5.41, 5.74) is 1.20. The second-order valence-corrected chi connectivity index (χ2v) is 4.48. The van der Waals surface area contributed by atoms with Gasteiger partial charge in [0, 0.05) is 19.3 Å². The second-order valence-electron chi connectivity index (χ2n) is 4.48. The van der Waals surface area contributed by atoms with Crippen LogP contribution in [0.4, 0.5) is 0 Å². The Balaban J connectivity index is 2.41. The minimum absolute atomic E-state index is 0.0955. The van der Waals surface area contributed by atoms with Crippen LogP contribution in [0.3, 0.4) is 0 Å². The lowest BCUT2D eigenvalue weighted by Crippen LogP contribution is -2.27. The third-order valence-corrected chi connectivity index (χ3v) is 2.86. The third kappa shape index (κ3) is 6.00. The number of methoxy groups -OCH3 is 1. The van der Waals surface area contributed by atoms with E-state index in [1.807, 2.05) is 37.3 Å². The summed E-state index contributed by atoms with van der Waals surface area (Å²) in [6.45, 7) is 3.24. The molecule has 0 unspecified atom stereocenters. The van der Waals surface area contributed by atoms with Crippen LogP contribution < -0.4 is 15.4 Å². The summed E-state index contributed by atoms with van der Waals surface area (Å²) < 4.78 is 5.08. The number of nitrogens with one attached hydrogen (secondary N) is 2. The fourth-order valence-electron chi connectivity index (χ4n) is 1.67. The highest BCUT2D eigenvalue weighted by Crippen LogP contribution is 2.11. The summed E-state index contributed by atoms with van der Waals surface area (Å²) in [4.78, 5) is 11.8. The first-order valence-corrected chi connectivity index (χ1v) is 6.96. The Kier molecular flexibility index (Phi) is 7.44. The Hall–Kier alpha value is -2.48. The van der Waals surface area contributed by atoms with E-state index in [1.54, 1.807) is 7.11 Å². The Bertz CT molecular complexity index is 515. The zero-order chi connectivity index (χ0) is 15.5. The van der Waals surface area contributed by atoms with Crippen molar-refractivity contribution in [3.05, 3.63) is 41.6 Å². The van der Waals surface area contributed by atoms with Gasteiger partial charge in [-0.15, -0.1) is 0 Å². The van der Waals surface area contributed by atoms with E-state index in [0.717, 1.165) is 24.3 Å². The van der Waals surface area contributed by atoms with Crippen LogP contribution in [0.15, 0.2) is 36.0 Å². The first kappa shape index (κ1) is 16.6. The van der Waals surface area contributed by atoms with E-state index in [-0.39, 0.29) is 11.5 Å². The highest BCUT2D eigenvalue weighted by Gasteiger charge is 2.07. The van der Waals surface area contributed by atoms with Gasteiger partial charge in [-0.2, -0.15) is 5.26 Å². The van der Waals surface area contributed by atoms with E-state index in [9.17, 15) is 4.79 Å². The van der Waals surface area contributed by atoms with Crippen molar-refractivity contribution < 1.29 is 9.53 Å². The molecule has 2 N–H and O–H groups in total. The molecule has 1 rings (SSSR count). The molecule has 0 aliphatic carbocycles. The first-order chi connectivity index (χ1) is 10.2. The quantitative estimate of drug-likeness (QED) is 0.434. The number of carbonyl (C=O) groups is 1. The average molecular weight is 287 g/mol. The largest absolute Gasteiger partial charge is 0.497 e. The van der Waals surface area contributed by atoms with Crippen LogP contribution in [0.5, 0.6) is 5.75 Å². The predicted molar refractivity (Wildman–Crippen MR) is 81.7 cm³/mol. The smallest absolute Gasteiger partial charge is 0.263 e. The minimum atomic E-state index is -0.352. The van der Waals surface area contributed by atoms with Crippen molar-refractivity contribution in [2.24, 2.45) is 0 Å². The van der Waals surface area contributed by atoms with Gasteiger partial charge >= 0.3 is 0 Å². The molecule has 1 aromatic rings. The molecule has 1 aromatic carbocycles. The summed E-state index contributed by atoms with van der Waals surface area (Å²) in [5.74, 6) is 0.453. The summed E-state index contributed by atoms with van der Waals surface area (Å²) in [6, 6.07) is 9.56. The van der Waals surface area contributed by atoms with Crippen LogP contribution in [-0.2, 0) is 11.2 Å². The molecular formula is C16H21N3O2. The van der Waals surface area contributed by atoms with Gasteiger partial charge < -0.3 is 15.4 Å². The van der Waals surface area contributed by atoms with Crippen molar-refractivity contribution in [1.29, 1.82) is 5.26 Å². The lowest BCUT2D eigenvalue weighted by molar-refractivity contribution is -0.117. The van der Waals surface area contributed by atoms with Gasteiger partial charge in [0.25, 0.3) is 5.91 Å². The lowest BCUT2D eigenvalue weighted by atomic mass is 10.1. The molecule has 5 heteroatoms. The molecule has 0 bridgehead atoms. The van der Waals surface area contributed by atoms with E-state index in [4.69, 9.17) is 10.00 Å². The van der Waals surface area contributed by atoms with Gasteiger partial charge in [-0.05, 0) is 30.5 Å². The average Bonchev–Trinajstić information content (AvgIpc) is 2.52. The van der Waals surface area contributed by atoms with E-state index in [0.29, 0.717) is 13.0 Å². The molecule has 0 saturated heterocycles. The van der Waals surface area contributed by atoms with Crippen LogP contribution in [-0.4, -0.2) is 26.1 Å². The second kappa shape index (κ2) is 9.43. The van der Waals surface area contributed by atoms with Gasteiger partial charge in [0.15, 0.2) is 0 Å². The Morgan fingerprint density at radius 1 is 1.33 bits per heavy atom. The molecule has 0 atom stereocenters. The monoisotopic (exact) mass is 287 g/mol. The van der Waals surface area contributed by atoms with Crippen LogP contribution in [0, 0.1) is 11.3 Å². The van der Waals surface area contributed by atoms with Gasteiger partial charge in [0.05, 0.1) is 7.11 Å². The fourth-order valence-corrected chi connectivity index (χ4v) is 1.67. The number of nitrogens with zero attached hydrogens (tertiary/aromatic N) is 1. The van der Waals surface area contributed by atoms with E-state index in [1.165, 1.54) is 6.20 Å². The van der Waals surface area contributed by atoms with E-state index < -0.39 is 0 Å². The van der Waals surface area contributed by atoms with Crippen molar-refractivity contribution in [2.45, 2.75) is 19.8 Å². The van der Waals surface area contributed by atoms with Gasteiger partial charge in [0.2, 0.25) is 0 Å². The Labute approximate surface area is 125 Å². The summed E-state index contributed by atoms with van der Waals surface area (Å²) in [5, 5.41) is 14.6. The molecule has 1 amide bonds. The number of rotatable bonds is 8. The van der Waals surface area contributed by atoms with Crippen LogP contribution >= 0.6 is 0 Å². The van der Waals surface area contributed by atoms with E-state index in [2.05, 4.69) is 10.6 Å². The normalized spacial score (nSPS) is 10.6. The van der Waals surface area contributed by atoms with Crippen LogP contribution in [0.1, 0.15) is 18.9 Å². The van der Waals surface area contributed by atoms with Gasteiger partial charge in [0.1, 0.15) is 17.4 Å². The molecule has 0 fully saturated rings. The molecule has 5 nitrogen and oxygen atoms in total. The molecule has 0 radical (unpaired) electrons. The maximum atomic E-state index is 11.8. The molecule has 0 aromatic heterocycles. The zero-order valence-corrected chi connectivity index (χ0v) is 12.5. The van der Waals surface area contributed by atoms with Crippen LogP contribution in [0.25, 0.3) is 0 Å². The summed E-state index contributed by atoms with van der Waals surface area (Å²) >= 11 is 0. The molecule has 21 heavy (non-hydrogen) atoms. The maximum absolute atomic E-state index is 11.8. The van der Waals surface area contributed by atoms with Crippen molar-refractivity contribution in [3.63, 3.8) is 0 Å². The summed E-state index contributed by atoms with van der Waals surface area (Å²) in [6.07, 6.45) is 3.11. The van der Waals surface area contributed by atoms with E-state index >= 15 is 0 Å². The number of carbonyl (C=O) groups excluding carboxylic acids is 1. The zero-order valence-electron chi connectivity index (χ0n) is 12.5. The number of hydrogen-bond acceptors (Lipinski definition) is 4. The molecule has 0 aliphatic rings. The van der Waals surface area contributed by atoms with Crippen molar-refractivity contribution >= 4 is 5.91 Å². The Morgan fingerprint density at radius 2 is 2.05 bits per heavy atom. The highest BCUT2D eigenvalue weighted by atomic mass is 16.5. The van der Waals surface area contributed by atoms with Crippen molar-refractivity contribution in [3.8, 4) is 11.8 Å². The number of nitriles is 1.